The highest BCUT2D eigenvalue weighted by molar-refractivity contribution is 5.93. The van der Waals surface area contributed by atoms with Gasteiger partial charge in [-0.2, -0.15) is 31.3 Å². The minimum Gasteiger partial charge on any atom is -0.370 e. The Balaban J connectivity index is 5.43. The van der Waals surface area contributed by atoms with Crippen LogP contribution in [-0.2, 0) is 0 Å². The van der Waals surface area contributed by atoms with Gasteiger partial charge in [0.15, 0.2) is 12.6 Å². The fourth-order valence-electron chi connectivity index (χ4n) is 0.907. The van der Waals surface area contributed by atoms with Crippen LogP contribution in [0.5, 0.6) is 0 Å². The van der Waals surface area contributed by atoms with Gasteiger partial charge < -0.3 is 11.5 Å². The molecule has 0 fully saturated rings. The summed E-state index contributed by atoms with van der Waals surface area (Å²) in [5, 5.41) is 0.679. The molecule has 0 amide bonds. The fourth-order valence-corrected chi connectivity index (χ4v) is 0.907. The van der Waals surface area contributed by atoms with Crippen LogP contribution in [0.15, 0.2) is 9.98 Å². The summed E-state index contributed by atoms with van der Waals surface area (Å²) in [4.78, 5) is 6.11. The molecule has 5 nitrogen and oxygen atoms in total. The van der Waals surface area contributed by atoms with Crippen molar-refractivity contribution in [3.63, 3.8) is 0 Å². The van der Waals surface area contributed by atoms with Gasteiger partial charge in [0.25, 0.3) is 0 Å². The fraction of sp³-hybridized carbons (Fsp3) is 0.750. The first kappa shape index (κ1) is 18.2. The van der Waals surface area contributed by atoms with Crippen molar-refractivity contribution in [1.82, 2.24) is 5.32 Å². The van der Waals surface area contributed by atoms with Crippen molar-refractivity contribution >= 4 is 11.9 Å². The Bertz CT molecular complexity index is 389. The molecule has 20 heavy (non-hydrogen) atoms. The van der Waals surface area contributed by atoms with Crippen LogP contribution in [0, 0.1) is 0 Å². The van der Waals surface area contributed by atoms with Crippen molar-refractivity contribution in [2.45, 2.75) is 24.8 Å². The van der Waals surface area contributed by atoms with E-state index in [1.54, 1.807) is 0 Å². The number of hydrogen-bond donors (Lipinski definition) is 3. The summed E-state index contributed by atoms with van der Waals surface area (Å²) in [6, 6.07) is -5.53. The Labute approximate surface area is 108 Å². The van der Waals surface area contributed by atoms with Crippen molar-refractivity contribution in [1.29, 1.82) is 0 Å². The SMILES string of the molecule is CCN=C(N=C(N)N)NC(F)(F)C(F)(F)C(F)(F)CF. The Hall–Kier alpha value is -1.75. The van der Waals surface area contributed by atoms with E-state index in [4.69, 9.17) is 11.5 Å². The molecule has 0 aromatic heterocycles. The zero-order valence-electron chi connectivity index (χ0n) is 10.1. The van der Waals surface area contributed by atoms with Gasteiger partial charge in [-0.05, 0) is 6.92 Å². The minimum atomic E-state index is -6.03. The van der Waals surface area contributed by atoms with E-state index in [2.05, 4.69) is 9.98 Å². The lowest BCUT2D eigenvalue weighted by Crippen LogP contribution is -2.62. The van der Waals surface area contributed by atoms with E-state index in [9.17, 15) is 30.7 Å². The van der Waals surface area contributed by atoms with Crippen LogP contribution in [-0.4, -0.2) is 43.0 Å². The second-order valence-electron chi connectivity index (χ2n) is 3.45. The summed E-state index contributed by atoms with van der Waals surface area (Å²) in [6.07, 6.45) is 0. The van der Waals surface area contributed by atoms with Crippen LogP contribution in [0.25, 0.3) is 0 Å². The number of aliphatic imine (C=N–C) groups is 2. The number of alkyl halides is 7. The molecule has 12 heteroatoms. The van der Waals surface area contributed by atoms with E-state index < -0.39 is 36.5 Å². The third-order valence-corrected chi connectivity index (χ3v) is 1.83. The Morgan fingerprint density at radius 1 is 1.10 bits per heavy atom. The molecule has 0 aliphatic rings. The number of hydrogen-bond acceptors (Lipinski definition) is 1. The van der Waals surface area contributed by atoms with Gasteiger partial charge >= 0.3 is 17.9 Å². The number of rotatable bonds is 5. The average molecular weight is 311 g/mol. The smallest absolute Gasteiger partial charge is 0.370 e. The molecule has 118 valence electrons. The monoisotopic (exact) mass is 311 g/mol. The molecule has 0 aromatic carbocycles. The van der Waals surface area contributed by atoms with E-state index in [0.717, 1.165) is 0 Å². The molecule has 0 saturated heterocycles. The van der Waals surface area contributed by atoms with E-state index >= 15 is 0 Å². The Morgan fingerprint density at radius 3 is 1.95 bits per heavy atom. The third-order valence-electron chi connectivity index (χ3n) is 1.83. The lowest BCUT2D eigenvalue weighted by atomic mass is 10.1. The van der Waals surface area contributed by atoms with Gasteiger partial charge in [0.2, 0.25) is 5.96 Å². The predicted molar refractivity (Wildman–Crippen MR) is 57.7 cm³/mol. The molecule has 0 saturated carbocycles. The van der Waals surface area contributed by atoms with Crippen molar-refractivity contribution in [3.05, 3.63) is 0 Å². The summed E-state index contributed by atoms with van der Waals surface area (Å²) in [7, 11) is 0. The zero-order chi connectivity index (χ0) is 16.2. The van der Waals surface area contributed by atoms with Crippen LogP contribution in [0.1, 0.15) is 6.92 Å². The maximum absolute atomic E-state index is 13.2. The maximum atomic E-state index is 13.2. The largest absolute Gasteiger partial charge is 0.395 e. The summed E-state index contributed by atoms with van der Waals surface area (Å²) >= 11 is 0. The number of nitrogens with zero attached hydrogens (tertiary/aromatic N) is 2. The van der Waals surface area contributed by atoms with Crippen molar-refractivity contribution in [2.24, 2.45) is 21.5 Å². The molecular weight excluding hydrogens is 299 g/mol. The molecule has 0 radical (unpaired) electrons. The first-order valence-corrected chi connectivity index (χ1v) is 5.03. The highest BCUT2D eigenvalue weighted by Crippen LogP contribution is 2.44. The van der Waals surface area contributed by atoms with Crippen LogP contribution in [0.4, 0.5) is 30.7 Å². The van der Waals surface area contributed by atoms with E-state index in [0.29, 0.717) is 5.32 Å². The van der Waals surface area contributed by atoms with E-state index in [1.807, 2.05) is 0 Å². The summed E-state index contributed by atoms with van der Waals surface area (Å²) in [6.45, 7) is -1.86. The normalized spacial score (nSPS) is 14.1. The van der Waals surface area contributed by atoms with Crippen molar-refractivity contribution in [3.8, 4) is 0 Å². The van der Waals surface area contributed by atoms with Gasteiger partial charge in [-0.1, -0.05) is 0 Å². The summed E-state index contributed by atoms with van der Waals surface area (Å²) in [5.41, 5.74) is 9.66. The minimum absolute atomic E-state index is 0.208. The number of nitrogens with two attached hydrogens (primary N) is 2. The van der Waals surface area contributed by atoms with Gasteiger partial charge in [0.05, 0.1) is 0 Å². The standard InChI is InChI=1S/C8H12F7N5/c1-2-18-5(19-4(16)17)20-8(14,15)7(12,13)6(10,11)3-9/h2-3H2,1H3,(H5,16,17,18,19,20). The molecule has 0 spiro atoms. The van der Waals surface area contributed by atoms with Gasteiger partial charge in [-0.15, -0.1) is 0 Å². The van der Waals surface area contributed by atoms with Crippen molar-refractivity contribution < 1.29 is 30.7 Å². The molecule has 0 unspecified atom stereocenters. The summed E-state index contributed by atoms with van der Waals surface area (Å²) < 4.78 is 89.1. The lowest BCUT2D eigenvalue weighted by Gasteiger charge is -2.31. The molecule has 0 rings (SSSR count). The average Bonchev–Trinajstić information content (AvgIpc) is 2.27. The maximum Gasteiger partial charge on any atom is 0.395 e. The topological polar surface area (TPSA) is 88.8 Å². The van der Waals surface area contributed by atoms with Crippen LogP contribution < -0.4 is 16.8 Å². The van der Waals surface area contributed by atoms with Gasteiger partial charge in [0, 0.05) is 6.54 Å². The van der Waals surface area contributed by atoms with Gasteiger partial charge in [-0.25, -0.2) is 4.39 Å². The summed E-state index contributed by atoms with van der Waals surface area (Å²) in [5.74, 6) is -13.6. The molecule has 0 aromatic rings. The molecular formula is C8H12F7N5. The highest BCUT2D eigenvalue weighted by atomic mass is 19.3. The highest BCUT2D eigenvalue weighted by Gasteiger charge is 2.72. The lowest BCUT2D eigenvalue weighted by molar-refractivity contribution is -0.316. The first-order chi connectivity index (χ1) is 8.91. The second-order valence-corrected chi connectivity index (χ2v) is 3.45. The molecule has 0 atom stereocenters. The zero-order valence-corrected chi connectivity index (χ0v) is 10.1. The second kappa shape index (κ2) is 6.13. The molecule has 0 bridgehead atoms. The van der Waals surface area contributed by atoms with Gasteiger partial charge in [-0.3, -0.25) is 10.3 Å². The number of halogens is 7. The third kappa shape index (κ3) is 3.87. The number of nitrogens with one attached hydrogen (secondary N) is 1. The van der Waals surface area contributed by atoms with Crippen LogP contribution in [0.2, 0.25) is 0 Å². The van der Waals surface area contributed by atoms with Crippen LogP contribution in [0.3, 0.4) is 0 Å². The Morgan fingerprint density at radius 2 is 1.60 bits per heavy atom. The van der Waals surface area contributed by atoms with E-state index in [-0.39, 0.29) is 6.54 Å². The van der Waals surface area contributed by atoms with E-state index in [1.165, 1.54) is 6.92 Å². The Kier molecular flexibility index (Phi) is 5.60. The molecule has 0 heterocycles. The predicted octanol–water partition coefficient (Wildman–Crippen LogP) is 1.06. The van der Waals surface area contributed by atoms with Crippen molar-refractivity contribution in [2.75, 3.05) is 13.2 Å². The van der Waals surface area contributed by atoms with Crippen LogP contribution >= 0.6 is 0 Å². The quantitative estimate of drug-likeness (QED) is 0.307. The molecule has 0 aliphatic carbocycles. The number of guanidine groups is 2. The first-order valence-electron chi connectivity index (χ1n) is 5.03. The van der Waals surface area contributed by atoms with Gasteiger partial charge in [0.1, 0.15) is 0 Å². The molecule has 5 N–H and O–H groups in total. The molecule has 0 aliphatic heterocycles.